The summed E-state index contributed by atoms with van der Waals surface area (Å²) >= 11 is 0. The molecule has 1 aromatic rings. The van der Waals surface area contributed by atoms with Crippen molar-refractivity contribution in [1.29, 1.82) is 0 Å². The van der Waals surface area contributed by atoms with E-state index in [-0.39, 0.29) is 18.5 Å². The third-order valence-electron chi connectivity index (χ3n) is 2.23. The molecule has 0 heterocycles. The fourth-order valence-electron chi connectivity index (χ4n) is 1.30. The number of aliphatic hydroxyl groups excluding tert-OH is 1. The van der Waals surface area contributed by atoms with Crippen LogP contribution in [0.3, 0.4) is 0 Å². The molecule has 0 aliphatic heterocycles. The van der Waals surface area contributed by atoms with Gasteiger partial charge in [0.15, 0.2) is 0 Å². The van der Waals surface area contributed by atoms with Gasteiger partial charge in [0, 0.05) is 0 Å². The lowest BCUT2D eigenvalue weighted by molar-refractivity contribution is -0.143. The van der Waals surface area contributed by atoms with Crippen molar-refractivity contribution in [2.75, 3.05) is 6.61 Å². The standard InChI is InChI=1S/C10H9F6NO.ClH/c11-9(12,13)6-1-5(8(17)4-18)2-7(3-6)10(14,15)16;/h1-3,8,18H,4,17H2;1H/t8-;/m1./s1. The summed E-state index contributed by atoms with van der Waals surface area (Å²) in [5.74, 6) is 0. The van der Waals surface area contributed by atoms with Crippen LogP contribution in [0.15, 0.2) is 18.2 Å². The van der Waals surface area contributed by atoms with Gasteiger partial charge in [-0.3, -0.25) is 0 Å². The Balaban J connectivity index is 0.00000324. The second-order valence-electron chi connectivity index (χ2n) is 3.63. The molecule has 3 N–H and O–H groups in total. The van der Waals surface area contributed by atoms with Gasteiger partial charge >= 0.3 is 12.4 Å². The van der Waals surface area contributed by atoms with Crippen molar-refractivity contribution in [1.82, 2.24) is 0 Å². The van der Waals surface area contributed by atoms with E-state index >= 15 is 0 Å². The first-order valence-electron chi connectivity index (χ1n) is 4.71. The van der Waals surface area contributed by atoms with Crippen LogP contribution >= 0.6 is 12.4 Å². The Kier molecular flexibility index (Phi) is 5.66. The van der Waals surface area contributed by atoms with Crippen LogP contribution in [-0.2, 0) is 12.4 Å². The van der Waals surface area contributed by atoms with Gasteiger partial charge in [0.1, 0.15) is 0 Å². The van der Waals surface area contributed by atoms with Crippen LogP contribution in [-0.4, -0.2) is 11.7 Å². The van der Waals surface area contributed by atoms with Gasteiger partial charge in [-0.25, -0.2) is 0 Å². The number of alkyl halides is 6. The fourth-order valence-corrected chi connectivity index (χ4v) is 1.30. The van der Waals surface area contributed by atoms with Crippen molar-refractivity contribution in [3.05, 3.63) is 34.9 Å². The highest BCUT2D eigenvalue weighted by atomic mass is 35.5. The minimum absolute atomic E-state index is 0. The highest BCUT2D eigenvalue weighted by Gasteiger charge is 2.37. The monoisotopic (exact) mass is 309 g/mol. The van der Waals surface area contributed by atoms with Gasteiger partial charge < -0.3 is 10.8 Å². The van der Waals surface area contributed by atoms with Crippen LogP contribution in [0, 0.1) is 0 Å². The summed E-state index contributed by atoms with van der Waals surface area (Å²) in [5, 5.41) is 8.69. The van der Waals surface area contributed by atoms with Crippen LogP contribution in [0.1, 0.15) is 22.7 Å². The van der Waals surface area contributed by atoms with E-state index < -0.39 is 41.7 Å². The van der Waals surface area contributed by atoms with Crippen LogP contribution < -0.4 is 5.73 Å². The lowest BCUT2D eigenvalue weighted by atomic mass is 10.0. The van der Waals surface area contributed by atoms with Gasteiger partial charge in [-0.05, 0) is 23.8 Å². The second kappa shape index (κ2) is 5.98. The van der Waals surface area contributed by atoms with Gasteiger partial charge in [0.05, 0.1) is 23.8 Å². The molecule has 0 spiro atoms. The average Bonchev–Trinajstić information content (AvgIpc) is 2.25. The first kappa shape index (κ1) is 18.0. The van der Waals surface area contributed by atoms with Gasteiger partial charge in [-0.1, -0.05) is 0 Å². The zero-order valence-corrected chi connectivity index (χ0v) is 10.0. The first-order valence-corrected chi connectivity index (χ1v) is 4.71. The zero-order chi connectivity index (χ0) is 14.1. The lowest BCUT2D eigenvalue weighted by Crippen LogP contribution is -2.18. The maximum absolute atomic E-state index is 12.4. The van der Waals surface area contributed by atoms with E-state index in [1.165, 1.54) is 0 Å². The van der Waals surface area contributed by atoms with Crippen molar-refractivity contribution >= 4 is 12.4 Å². The van der Waals surface area contributed by atoms with Crippen LogP contribution in [0.25, 0.3) is 0 Å². The van der Waals surface area contributed by atoms with Crippen molar-refractivity contribution in [2.45, 2.75) is 18.4 Å². The van der Waals surface area contributed by atoms with Crippen LogP contribution in [0.4, 0.5) is 26.3 Å². The molecule has 0 saturated carbocycles. The Morgan fingerprint density at radius 2 is 1.32 bits per heavy atom. The normalized spacial score (nSPS) is 13.9. The number of nitrogens with two attached hydrogens (primary N) is 1. The Hall–Kier alpha value is -0.990. The molecular formula is C10H10ClF6NO. The number of halogens is 7. The highest BCUT2D eigenvalue weighted by molar-refractivity contribution is 5.85. The third-order valence-corrected chi connectivity index (χ3v) is 2.23. The van der Waals surface area contributed by atoms with Crippen molar-refractivity contribution in [2.24, 2.45) is 5.73 Å². The molecule has 0 amide bonds. The predicted molar refractivity (Wildman–Crippen MR) is 57.7 cm³/mol. The molecule has 0 unspecified atom stereocenters. The van der Waals surface area contributed by atoms with E-state index in [4.69, 9.17) is 10.8 Å². The van der Waals surface area contributed by atoms with Gasteiger partial charge in [0.25, 0.3) is 0 Å². The van der Waals surface area contributed by atoms with E-state index in [0.717, 1.165) is 0 Å². The summed E-state index contributed by atoms with van der Waals surface area (Å²) in [6.45, 7) is -0.751. The SMILES string of the molecule is Cl.N[C@H](CO)c1cc(C(F)(F)F)cc(C(F)(F)F)c1. The molecule has 19 heavy (non-hydrogen) atoms. The number of hydrogen-bond donors (Lipinski definition) is 2. The Bertz CT molecular complexity index is 399. The molecule has 9 heteroatoms. The molecule has 1 rings (SSSR count). The minimum atomic E-state index is -4.91. The van der Waals surface area contributed by atoms with Gasteiger partial charge in [-0.2, -0.15) is 26.3 Å². The zero-order valence-electron chi connectivity index (χ0n) is 9.22. The number of benzene rings is 1. The van der Waals surface area contributed by atoms with E-state index in [0.29, 0.717) is 12.1 Å². The quantitative estimate of drug-likeness (QED) is 0.825. The molecular weight excluding hydrogens is 300 g/mol. The molecule has 0 saturated heterocycles. The van der Waals surface area contributed by atoms with E-state index in [1.807, 2.05) is 0 Å². The Labute approximate surface area is 110 Å². The number of hydrogen-bond acceptors (Lipinski definition) is 2. The number of rotatable bonds is 2. The topological polar surface area (TPSA) is 46.2 Å². The molecule has 110 valence electrons. The summed E-state index contributed by atoms with van der Waals surface area (Å²) in [6.07, 6.45) is -9.82. The molecule has 0 bridgehead atoms. The Morgan fingerprint density at radius 1 is 0.947 bits per heavy atom. The predicted octanol–water partition coefficient (Wildman–Crippen LogP) is 3.14. The third kappa shape index (κ3) is 4.55. The van der Waals surface area contributed by atoms with E-state index in [1.54, 1.807) is 0 Å². The van der Waals surface area contributed by atoms with E-state index in [9.17, 15) is 26.3 Å². The molecule has 0 aromatic heterocycles. The van der Waals surface area contributed by atoms with Crippen LogP contribution in [0.5, 0.6) is 0 Å². The summed E-state index contributed by atoms with van der Waals surface area (Å²) in [6, 6.07) is -0.298. The second-order valence-corrected chi connectivity index (χ2v) is 3.63. The molecule has 0 aliphatic rings. The summed E-state index contributed by atoms with van der Waals surface area (Å²) in [5.41, 5.74) is 1.92. The fraction of sp³-hybridized carbons (Fsp3) is 0.400. The van der Waals surface area contributed by atoms with Crippen LogP contribution in [0.2, 0.25) is 0 Å². The summed E-state index contributed by atoms with van der Waals surface area (Å²) in [4.78, 5) is 0. The van der Waals surface area contributed by atoms with Crippen molar-refractivity contribution < 1.29 is 31.4 Å². The molecule has 1 aromatic carbocycles. The summed E-state index contributed by atoms with van der Waals surface area (Å²) in [7, 11) is 0. The first-order chi connectivity index (χ1) is 8.05. The largest absolute Gasteiger partial charge is 0.416 e. The smallest absolute Gasteiger partial charge is 0.394 e. The molecule has 0 fully saturated rings. The Morgan fingerprint density at radius 3 is 1.58 bits per heavy atom. The minimum Gasteiger partial charge on any atom is -0.394 e. The molecule has 0 aliphatic carbocycles. The maximum atomic E-state index is 12.4. The van der Waals surface area contributed by atoms with Crippen molar-refractivity contribution in [3.8, 4) is 0 Å². The molecule has 2 nitrogen and oxygen atoms in total. The van der Waals surface area contributed by atoms with Gasteiger partial charge in [0.2, 0.25) is 0 Å². The summed E-state index contributed by atoms with van der Waals surface area (Å²) < 4.78 is 74.6. The number of aliphatic hydroxyl groups is 1. The lowest BCUT2D eigenvalue weighted by Gasteiger charge is -2.16. The average molecular weight is 310 g/mol. The maximum Gasteiger partial charge on any atom is 0.416 e. The van der Waals surface area contributed by atoms with E-state index in [2.05, 4.69) is 0 Å². The van der Waals surface area contributed by atoms with Crippen molar-refractivity contribution in [3.63, 3.8) is 0 Å². The molecule has 0 radical (unpaired) electrons. The molecule has 1 atom stereocenters. The highest BCUT2D eigenvalue weighted by Crippen LogP contribution is 2.37. The van der Waals surface area contributed by atoms with Gasteiger partial charge in [-0.15, -0.1) is 12.4 Å².